The maximum Gasteiger partial charge on any atom is 0.244 e. The highest BCUT2D eigenvalue weighted by Crippen LogP contribution is 2.29. The molecule has 1 N–H and O–H groups in total. The summed E-state index contributed by atoms with van der Waals surface area (Å²) >= 11 is 0. The molecule has 2 heterocycles. The minimum absolute atomic E-state index is 0.0100. The quantitative estimate of drug-likeness (QED) is 0.254. The van der Waals surface area contributed by atoms with Gasteiger partial charge in [0.25, 0.3) is 0 Å². The number of fused-ring (bicyclic) bond motifs is 1. The molecule has 0 saturated carbocycles. The van der Waals surface area contributed by atoms with Crippen LogP contribution in [0.2, 0.25) is 0 Å². The van der Waals surface area contributed by atoms with Crippen molar-refractivity contribution >= 4 is 22.9 Å². The Kier molecular flexibility index (Phi) is 9.29. The largest absolute Gasteiger partial charge is 0.350 e. The van der Waals surface area contributed by atoms with Gasteiger partial charge in [-0.2, -0.15) is 0 Å². The number of pyridine rings is 1. The maximum atomic E-state index is 12.8. The second kappa shape index (κ2) is 12.4. The van der Waals surface area contributed by atoms with E-state index in [1.807, 2.05) is 18.3 Å². The number of benzene rings is 1. The van der Waals surface area contributed by atoms with Gasteiger partial charge >= 0.3 is 0 Å². The number of nitrogens with one attached hydrogen (secondary N) is 1. The Hall–Kier alpha value is -2.88. The van der Waals surface area contributed by atoms with Gasteiger partial charge in [0.2, 0.25) is 5.91 Å². The molecule has 0 aliphatic heterocycles. The van der Waals surface area contributed by atoms with Crippen LogP contribution in [-0.2, 0) is 24.7 Å². The lowest BCUT2D eigenvalue weighted by atomic mass is 10.0. The van der Waals surface area contributed by atoms with Gasteiger partial charge in [0.1, 0.15) is 0 Å². The number of aryl methyl sites for hydroxylation is 4. The van der Waals surface area contributed by atoms with Crippen LogP contribution >= 0.6 is 0 Å². The second-order valence-corrected chi connectivity index (χ2v) is 9.10. The second-order valence-electron chi connectivity index (χ2n) is 9.10. The van der Waals surface area contributed by atoms with Gasteiger partial charge in [0.15, 0.2) is 0 Å². The lowest BCUT2D eigenvalue weighted by Gasteiger charge is -2.15. The first kappa shape index (κ1) is 24.8. The first-order valence-corrected chi connectivity index (χ1v) is 12.5. The number of aromatic nitrogens is 2. The van der Waals surface area contributed by atoms with Crippen LogP contribution in [0.15, 0.2) is 48.8 Å². The van der Waals surface area contributed by atoms with Gasteiger partial charge in [-0.25, -0.2) is 0 Å². The van der Waals surface area contributed by atoms with Crippen molar-refractivity contribution in [1.82, 2.24) is 14.9 Å². The summed E-state index contributed by atoms with van der Waals surface area (Å²) in [4.78, 5) is 16.9. The molecule has 0 bridgehead atoms. The average Bonchev–Trinajstić information content (AvgIpc) is 3.08. The highest BCUT2D eigenvalue weighted by Gasteiger charge is 2.14. The van der Waals surface area contributed by atoms with E-state index < -0.39 is 0 Å². The zero-order valence-electron chi connectivity index (χ0n) is 20.7. The lowest BCUT2D eigenvalue weighted by Crippen LogP contribution is -2.33. The summed E-state index contributed by atoms with van der Waals surface area (Å²) in [7, 11) is 2.11. The van der Waals surface area contributed by atoms with Crippen molar-refractivity contribution in [1.29, 1.82) is 0 Å². The Morgan fingerprint density at radius 1 is 1.15 bits per heavy atom. The molecule has 4 nitrogen and oxygen atoms in total. The first-order chi connectivity index (χ1) is 16.0. The topological polar surface area (TPSA) is 46.9 Å². The summed E-state index contributed by atoms with van der Waals surface area (Å²) < 4.78 is 2.23. The molecular formula is C29H39N3O. The number of unbranched alkanes of at least 4 members (excludes halogenated alkanes) is 2. The number of carbonyl (C=O) groups is 1. The fourth-order valence-corrected chi connectivity index (χ4v) is 4.55. The van der Waals surface area contributed by atoms with Crippen molar-refractivity contribution in [2.24, 2.45) is 7.05 Å². The monoisotopic (exact) mass is 445 g/mol. The molecule has 0 aliphatic carbocycles. The molecule has 1 atom stereocenters. The SMILES string of the molecule is CCCCCc1c(/C=C/C(=O)N[C@H](CC)CCCc2cccnc2)n(C)c2cc(C)ccc12. The van der Waals surface area contributed by atoms with E-state index in [1.54, 1.807) is 12.3 Å². The van der Waals surface area contributed by atoms with Gasteiger partial charge in [0.05, 0.1) is 0 Å². The van der Waals surface area contributed by atoms with E-state index in [9.17, 15) is 4.79 Å². The molecule has 1 amide bonds. The van der Waals surface area contributed by atoms with E-state index in [1.165, 1.54) is 46.9 Å². The first-order valence-electron chi connectivity index (χ1n) is 12.5. The Balaban J connectivity index is 1.67. The molecule has 1 aromatic carbocycles. The zero-order chi connectivity index (χ0) is 23.6. The van der Waals surface area contributed by atoms with Crippen molar-refractivity contribution in [2.75, 3.05) is 0 Å². The molecule has 3 rings (SSSR count). The molecular weight excluding hydrogens is 406 g/mol. The van der Waals surface area contributed by atoms with Gasteiger partial charge in [-0.05, 0) is 80.3 Å². The number of carbonyl (C=O) groups excluding carboxylic acids is 1. The molecule has 3 aromatic rings. The van der Waals surface area contributed by atoms with Crippen molar-refractivity contribution in [3.63, 3.8) is 0 Å². The predicted molar refractivity (Wildman–Crippen MR) is 139 cm³/mol. The minimum atomic E-state index is -0.0100. The Bertz CT molecular complexity index is 1070. The van der Waals surface area contributed by atoms with Crippen molar-refractivity contribution in [2.45, 2.75) is 78.2 Å². The van der Waals surface area contributed by atoms with E-state index in [0.29, 0.717) is 0 Å². The molecule has 0 aliphatic rings. The molecule has 0 spiro atoms. The number of nitrogens with zero attached hydrogens (tertiary/aromatic N) is 2. The number of hydrogen-bond acceptors (Lipinski definition) is 2. The Labute approximate surface area is 199 Å². The molecule has 4 heteroatoms. The smallest absolute Gasteiger partial charge is 0.244 e. The summed E-state index contributed by atoms with van der Waals surface area (Å²) in [6.45, 7) is 6.50. The Morgan fingerprint density at radius 2 is 2.00 bits per heavy atom. The Morgan fingerprint density at radius 3 is 2.73 bits per heavy atom. The number of hydrogen-bond donors (Lipinski definition) is 1. The van der Waals surface area contributed by atoms with Crippen LogP contribution < -0.4 is 5.32 Å². The molecule has 0 fully saturated rings. The van der Waals surface area contributed by atoms with E-state index in [4.69, 9.17) is 0 Å². The van der Waals surface area contributed by atoms with Crippen LogP contribution in [0.4, 0.5) is 0 Å². The highest BCUT2D eigenvalue weighted by atomic mass is 16.1. The third kappa shape index (κ3) is 6.80. The third-order valence-electron chi connectivity index (χ3n) is 6.51. The van der Waals surface area contributed by atoms with Crippen LogP contribution in [0.3, 0.4) is 0 Å². The summed E-state index contributed by atoms with van der Waals surface area (Å²) in [6, 6.07) is 10.9. The summed E-state index contributed by atoms with van der Waals surface area (Å²) in [6.07, 6.45) is 16.0. The number of rotatable bonds is 12. The van der Waals surface area contributed by atoms with Crippen LogP contribution in [0.5, 0.6) is 0 Å². The third-order valence-corrected chi connectivity index (χ3v) is 6.51. The standard InChI is InChI=1S/C29H39N3O/c1-5-7-8-14-25-26-16-15-22(3)20-28(26)32(4)27(25)17-18-29(33)31-24(6-2)13-9-11-23-12-10-19-30-21-23/h10,12,15-21,24H,5-9,11,13-14H2,1-4H3,(H,31,33)/b18-17+/t24-/m1/s1. The molecule has 176 valence electrons. The molecule has 0 saturated heterocycles. The molecule has 0 unspecified atom stereocenters. The van der Waals surface area contributed by atoms with Gasteiger partial charge in [-0.1, -0.05) is 44.9 Å². The van der Waals surface area contributed by atoms with Gasteiger partial charge in [-0.15, -0.1) is 0 Å². The van der Waals surface area contributed by atoms with E-state index in [0.717, 1.165) is 37.8 Å². The van der Waals surface area contributed by atoms with Crippen LogP contribution in [0, 0.1) is 6.92 Å². The van der Waals surface area contributed by atoms with Crippen molar-refractivity contribution in [3.8, 4) is 0 Å². The van der Waals surface area contributed by atoms with Crippen LogP contribution in [0.1, 0.15) is 74.8 Å². The maximum absolute atomic E-state index is 12.8. The van der Waals surface area contributed by atoms with E-state index in [-0.39, 0.29) is 11.9 Å². The van der Waals surface area contributed by atoms with Gasteiger partial charge in [0, 0.05) is 48.2 Å². The normalized spacial score (nSPS) is 12.5. The minimum Gasteiger partial charge on any atom is -0.350 e. The summed E-state index contributed by atoms with van der Waals surface area (Å²) in [5.41, 5.74) is 6.25. The molecule has 33 heavy (non-hydrogen) atoms. The van der Waals surface area contributed by atoms with Gasteiger partial charge in [-0.3, -0.25) is 9.78 Å². The van der Waals surface area contributed by atoms with E-state index in [2.05, 4.69) is 67.0 Å². The summed E-state index contributed by atoms with van der Waals surface area (Å²) in [5, 5.41) is 4.51. The molecule has 0 radical (unpaired) electrons. The van der Waals surface area contributed by atoms with Crippen LogP contribution in [-0.4, -0.2) is 21.5 Å². The molecule has 2 aromatic heterocycles. The van der Waals surface area contributed by atoms with E-state index >= 15 is 0 Å². The van der Waals surface area contributed by atoms with Crippen LogP contribution in [0.25, 0.3) is 17.0 Å². The number of amides is 1. The zero-order valence-corrected chi connectivity index (χ0v) is 20.7. The summed E-state index contributed by atoms with van der Waals surface area (Å²) in [5.74, 6) is -0.0100. The van der Waals surface area contributed by atoms with Crippen molar-refractivity contribution < 1.29 is 4.79 Å². The predicted octanol–water partition coefficient (Wildman–Crippen LogP) is 6.55. The lowest BCUT2D eigenvalue weighted by molar-refractivity contribution is -0.117. The fourth-order valence-electron chi connectivity index (χ4n) is 4.55. The average molecular weight is 446 g/mol. The highest BCUT2D eigenvalue weighted by molar-refractivity contribution is 5.94. The van der Waals surface area contributed by atoms with Crippen molar-refractivity contribution in [3.05, 3.63) is 71.2 Å². The van der Waals surface area contributed by atoms with Gasteiger partial charge < -0.3 is 9.88 Å². The fraction of sp³-hybridized carbons (Fsp3) is 0.448.